The molecule has 8 heteroatoms. The number of aliphatic hydroxyl groups excluding tert-OH is 1. The molecule has 0 aromatic carbocycles. The molecule has 6 aliphatic rings. The van der Waals surface area contributed by atoms with Crippen LogP contribution in [0.2, 0.25) is 24.2 Å². The average molecular weight is 643 g/mol. The number of carbonyl (C=O) groups is 2. The highest BCUT2D eigenvalue weighted by atomic mass is 28.3. The Balaban J connectivity index is 1.19. The Morgan fingerprint density at radius 1 is 0.956 bits per heavy atom. The van der Waals surface area contributed by atoms with Crippen LogP contribution in [0.4, 0.5) is 0 Å². The number of nitrogens with zero attached hydrogens (tertiary/aromatic N) is 2. The zero-order valence-electron chi connectivity index (χ0n) is 28.8. The third kappa shape index (κ3) is 6.12. The maximum absolute atomic E-state index is 14.9. The molecule has 0 aromatic heterocycles. The molecule has 2 heterocycles. The fourth-order valence-electron chi connectivity index (χ4n) is 11.4. The molecular formula is C37H62N2O5Si. The van der Waals surface area contributed by atoms with Crippen molar-refractivity contribution in [3.8, 4) is 0 Å². The highest BCUT2D eigenvalue weighted by Gasteiger charge is 2.67. The molecule has 0 aromatic rings. The molecule has 2 amide bonds. The van der Waals surface area contributed by atoms with Gasteiger partial charge < -0.3 is 24.4 Å². The summed E-state index contributed by atoms with van der Waals surface area (Å²) in [6.45, 7) is 8.35. The lowest BCUT2D eigenvalue weighted by Gasteiger charge is -2.45. The summed E-state index contributed by atoms with van der Waals surface area (Å²) in [5.74, 6) is 0.807. The predicted molar refractivity (Wildman–Crippen MR) is 180 cm³/mol. The first-order chi connectivity index (χ1) is 21.8. The van der Waals surface area contributed by atoms with Gasteiger partial charge >= 0.3 is 0 Å². The summed E-state index contributed by atoms with van der Waals surface area (Å²) >= 11 is 0. The topological polar surface area (TPSA) is 79.3 Å². The Kier molecular flexibility index (Phi) is 10.5. The summed E-state index contributed by atoms with van der Waals surface area (Å²) in [7, 11) is -0.0295. The molecule has 1 saturated heterocycles. The van der Waals surface area contributed by atoms with E-state index >= 15 is 0 Å². The van der Waals surface area contributed by atoms with Crippen LogP contribution in [0.25, 0.3) is 0 Å². The Labute approximate surface area is 273 Å². The number of hydrogen-bond donors (Lipinski definition) is 1. The zero-order valence-corrected chi connectivity index (χ0v) is 29.8. The first-order valence-corrected chi connectivity index (χ1v) is 22.0. The molecule has 4 aliphatic carbocycles. The normalized spacial score (nSPS) is 38.2. The van der Waals surface area contributed by atoms with Crippen molar-refractivity contribution >= 4 is 20.4 Å². The summed E-state index contributed by atoms with van der Waals surface area (Å²) in [4.78, 5) is 31.5. The summed E-state index contributed by atoms with van der Waals surface area (Å²) in [6, 6.07) is 0.785. The van der Waals surface area contributed by atoms with Gasteiger partial charge in [-0.05, 0) is 106 Å². The number of ether oxygens (including phenoxy) is 2. The van der Waals surface area contributed by atoms with E-state index in [9.17, 15) is 14.7 Å². The van der Waals surface area contributed by atoms with Gasteiger partial charge in [-0.1, -0.05) is 52.1 Å². The van der Waals surface area contributed by atoms with Gasteiger partial charge in [-0.25, -0.2) is 0 Å². The van der Waals surface area contributed by atoms with Crippen LogP contribution in [0.3, 0.4) is 0 Å². The van der Waals surface area contributed by atoms with Crippen molar-refractivity contribution in [3.63, 3.8) is 0 Å². The maximum atomic E-state index is 14.9. The Morgan fingerprint density at radius 2 is 1.62 bits per heavy atom. The third-order valence-electron chi connectivity index (χ3n) is 13.8. The van der Waals surface area contributed by atoms with E-state index in [1.165, 1.54) is 43.4 Å². The van der Waals surface area contributed by atoms with Crippen LogP contribution >= 0.6 is 0 Å². The fourth-order valence-corrected chi connectivity index (χ4v) is 16.4. The molecule has 4 fully saturated rings. The minimum absolute atomic E-state index is 0.0593. The summed E-state index contributed by atoms with van der Waals surface area (Å²) < 4.78 is 12.9. The van der Waals surface area contributed by atoms with Crippen LogP contribution in [0, 0.1) is 11.8 Å². The lowest BCUT2D eigenvalue weighted by molar-refractivity contribution is -0.150. The van der Waals surface area contributed by atoms with Crippen molar-refractivity contribution in [1.82, 2.24) is 9.80 Å². The average Bonchev–Trinajstić information content (AvgIpc) is 3.49. The molecule has 1 spiro atoms. The van der Waals surface area contributed by atoms with Crippen LogP contribution in [-0.2, 0) is 19.1 Å². The Morgan fingerprint density at radius 3 is 2.27 bits per heavy atom. The standard InChI is InChI=1S/C37H62N2O5Si/c1-26-35(45(3,4)31-20-18-30(43-2)19-21-31)34(22-23-40)44-37(26)32-12-8-9-13-33(32)38(36(37)42)24-27-14-16-29(17-15-27)39(25-41)28-10-6-5-7-11-28/h25-31,34-35,40H,5-24H2,1-4H3/t26-,27?,29?,30?,31?,34+,35-,37+/m1/s1. The van der Waals surface area contributed by atoms with Crippen molar-refractivity contribution < 1.29 is 24.2 Å². The number of aliphatic hydroxyl groups is 1. The van der Waals surface area contributed by atoms with Crippen LogP contribution in [0.15, 0.2) is 11.3 Å². The van der Waals surface area contributed by atoms with Crippen LogP contribution < -0.4 is 0 Å². The molecule has 2 aliphatic heterocycles. The second-order valence-corrected chi connectivity index (χ2v) is 21.4. The van der Waals surface area contributed by atoms with Crippen molar-refractivity contribution in [2.75, 3.05) is 20.3 Å². The molecule has 6 rings (SSSR count). The molecule has 0 bridgehead atoms. The van der Waals surface area contributed by atoms with Crippen LogP contribution in [0.5, 0.6) is 0 Å². The summed E-state index contributed by atoms with van der Waals surface area (Å²) in [6.07, 6.45) is 21.3. The quantitative estimate of drug-likeness (QED) is 0.201. The Bertz CT molecular complexity index is 1070. The second-order valence-electron chi connectivity index (χ2n) is 16.3. The molecule has 0 unspecified atom stereocenters. The van der Waals surface area contributed by atoms with Gasteiger partial charge in [0.2, 0.25) is 6.41 Å². The molecule has 4 atom stereocenters. The summed E-state index contributed by atoms with van der Waals surface area (Å²) in [5, 5.41) is 10.2. The van der Waals surface area contributed by atoms with Crippen molar-refractivity contribution in [2.24, 2.45) is 11.8 Å². The van der Waals surface area contributed by atoms with E-state index in [-0.39, 0.29) is 24.5 Å². The Hall–Kier alpha value is -1.22. The molecule has 3 saturated carbocycles. The minimum atomic E-state index is -1.87. The van der Waals surface area contributed by atoms with Crippen molar-refractivity contribution in [1.29, 1.82) is 0 Å². The van der Waals surface area contributed by atoms with Gasteiger partial charge in [-0.2, -0.15) is 0 Å². The van der Waals surface area contributed by atoms with Gasteiger partial charge in [0.25, 0.3) is 5.91 Å². The number of methoxy groups -OCH3 is 1. The van der Waals surface area contributed by atoms with Gasteiger partial charge in [-0.15, -0.1) is 0 Å². The second kappa shape index (κ2) is 14.1. The van der Waals surface area contributed by atoms with Crippen LogP contribution in [-0.4, -0.2) is 85.5 Å². The number of carbonyl (C=O) groups excluding carboxylic acids is 2. The van der Waals surface area contributed by atoms with Crippen molar-refractivity contribution in [2.45, 2.75) is 177 Å². The number of fused-ring (bicyclic) bond motifs is 1. The van der Waals surface area contributed by atoms with E-state index in [2.05, 4.69) is 29.8 Å². The zero-order chi connectivity index (χ0) is 31.8. The minimum Gasteiger partial charge on any atom is -0.396 e. The number of rotatable bonds is 10. The van der Waals surface area contributed by atoms with E-state index < -0.39 is 13.7 Å². The first-order valence-electron chi connectivity index (χ1n) is 18.8. The van der Waals surface area contributed by atoms with Gasteiger partial charge in [0, 0.05) is 44.0 Å². The van der Waals surface area contributed by atoms with Gasteiger partial charge in [0.15, 0.2) is 5.60 Å². The van der Waals surface area contributed by atoms with E-state index in [4.69, 9.17) is 9.47 Å². The van der Waals surface area contributed by atoms with E-state index in [1.807, 2.05) is 7.11 Å². The fraction of sp³-hybridized carbons (Fsp3) is 0.892. The molecular weight excluding hydrogens is 581 g/mol. The lowest BCUT2D eigenvalue weighted by atomic mass is 9.78. The molecule has 254 valence electrons. The number of hydrogen-bond acceptors (Lipinski definition) is 5. The highest BCUT2D eigenvalue weighted by molar-refractivity contribution is 6.80. The molecule has 1 N–H and O–H groups in total. The summed E-state index contributed by atoms with van der Waals surface area (Å²) in [5.41, 5.74) is 2.76. The van der Waals surface area contributed by atoms with Gasteiger partial charge in [0.1, 0.15) is 0 Å². The van der Waals surface area contributed by atoms with Gasteiger partial charge in [-0.3, -0.25) is 9.59 Å². The molecule has 7 nitrogen and oxygen atoms in total. The van der Waals surface area contributed by atoms with Crippen LogP contribution in [0.1, 0.15) is 122 Å². The largest absolute Gasteiger partial charge is 0.396 e. The first kappa shape index (κ1) is 33.7. The van der Waals surface area contributed by atoms with E-state index in [1.54, 1.807) is 0 Å². The highest BCUT2D eigenvalue weighted by Crippen LogP contribution is 2.61. The third-order valence-corrected chi connectivity index (χ3v) is 19.1. The molecule has 0 radical (unpaired) electrons. The molecule has 45 heavy (non-hydrogen) atoms. The predicted octanol–water partition coefficient (Wildman–Crippen LogP) is 7.20. The lowest BCUT2D eigenvalue weighted by Crippen LogP contribution is -2.51. The van der Waals surface area contributed by atoms with Crippen molar-refractivity contribution in [3.05, 3.63) is 11.3 Å². The smallest absolute Gasteiger partial charge is 0.263 e. The van der Waals surface area contributed by atoms with Gasteiger partial charge in [0.05, 0.1) is 20.3 Å². The maximum Gasteiger partial charge on any atom is 0.263 e. The van der Waals surface area contributed by atoms with E-state index in [0.717, 1.165) is 90.0 Å². The number of amides is 2. The van der Waals surface area contributed by atoms with E-state index in [0.29, 0.717) is 41.6 Å². The number of allylic oxidation sites excluding steroid dienone is 1. The monoisotopic (exact) mass is 642 g/mol. The SMILES string of the molecule is COC1CCC([Si](C)(C)[C@H]2[C@H](CCO)O[C@@]3(C(=O)N(CC4CCC(N(C=O)C5CCCCC5)CC4)C4=C3CCCC4)[C@@H]2C)CC1.